The number of aliphatic hydroxyl groups excluding tert-OH is 1. The number of carbonyl (C=O) groups is 1. The summed E-state index contributed by atoms with van der Waals surface area (Å²) in [4.78, 5) is 10.9. The minimum Gasteiger partial charge on any atom is -0.481 e. The molecule has 2 N–H and O–H groups in total. The molecule has 0 heterocycles. The second kappa shape index (κ2) is 6.55. The van der Waals surface area contributed by atoms with Crippen molar-refractivity contribution in [3.63, 3.8) is 0 Å². The Morgan fingerprint density at radius 3 is 2.38 bits per heavy atom. The number of carboxylic acids is 1. The molecule has 0 saturated carbocycles. The van der Waals surface area contributed by atoms with Crippen LogP contribution in [-0.2, 0) is 17.8 Å². The van der Waals surface area contributed by atoms with Crippen LogP contribution in [0.15, 0.2) is 42.5 Å². The minimum absolute atomic E-state index is 0.0137. The van der Waals surface area contributed by atoms with E-state index in [0.717, 1.165) is 27.8 Å². The summed E-state index contributed by atoms with van der Waals surface area (Å²) in [6.45, 7) is 3.71. The molecule has 2 rings (SSSR count). The van der Waals surface area contributed by atoms with Gasteiger partial charge in [-0.2, -0.15) is 0 Å². The summed E-state index contributed by atoms with van der Waals surface area (Å²) < 4.78 is 0. The Kier molecular flexibility index (Phi) is 4.76. The third-order valence-electron chi connectivity index (χ3n) is 3.80. The first-order valence-corrected chi connectivity index (χ1v) is 7.04. The van der Waals surface area contributed by atoms with Crippen LogP contribution in [0, 0.1) is 12.8 Å². The normalized spacial score (nSPS) is 12.1. The highest BCUT2D eigenvalue weighted by Gasteiger charge is 2.12. The van der Waals surface area contributed by atoms with Crippen LogP contribution >= 0.6 is 0 Å². The molecule has 0 aliphatic heterocycles. The van der Waals surface area contributed by atoms with Crippen LogP contribution in [0.3, 0.4) is 0 Å². The Morgan fingerprint density at radius 2 is 1.81 bits per heavy atom. The third kappa shape index (κ3) is 3.50. The lowest BCUT2D eigenvalue weighted by atomic mass is 9.94. The number of aliphatic carboxylic acids is 1. The van der Waals surface area contributed by atoms with Crippen molar-refractivity contribution in [2.24, 2.45) is 5.92 Å². The molecule has 3 nitrogen and oxygen atoms in total. The van der Waals surface area contributed by atoms with Crippen molar-refractivity contribution >= 4 is 5.97 Å². The summed E-state index contributed by atoms with van der Waals surface area (Å²) in [6, 6.07) is 13.8. The molecule has 0 fully saturated rings. The topological polar surface area (TPSA) is 57.5 Å². The van der Waals surface area contributed by atoms with Gasteiger partial charge in [0.1, 0.15) is 0 Å². The van der Waals surface area contributed by atoms with Gasteiger partial charge in [-0.15, -0.1) is 0 Å². The van der Waals surface area contributed by atoms with Gasteiger partial charge in [0.2, 0.25) is 0 Å². The lowest BCUT2D eigenvalue weighted by Gasteiger charge is -2.12. The predicted octanol–water partition coefficient (Wildman–Crippen LogP) is 3.42. The Bertz CT molecular complexity index is 629. The molecule has 21 heavy (non-hydrogen) atoms. The maximum atomic E-state index is 10.9. The van der Waals surface area contributed by atoms with Crippen molar-refractivity contribution in [3.05, 3.63) is 59.2 Å². The molecule has 0 spiro atoms. The third-order valence-corrected chi connectivity index (χ3v) is 3.80. The lowest BCUT2D eigenvalue weighted by Crippen LogP contribution is -2.12. The van der Waals surface area contributed by atoms with E-state index in [9.17, 15) is 9.90 Å². The zero-order valence-electron chi connectivity index (χ0n) is 12.3. The number of hydrogen-bond acceptors (Lipinski definition) is 2. The van der Waals surface area contributed by atoms with Gasteiger partial charge < -0.3 is 10.2 Å². The van der Waals surface area contributed by atoms with E-state index >= 15 is 0 Å². The highest BCUT2D eigenvalue weighted by Crippen LogP contribution is 2.27. The van der Waals surface area contributed by atoms with Gasteiger partial charge in [-0.05, 0) is 41.2 Å². The first kappa shape index (κ1) is 15.3. The zero-order valence-corrected chi connectivity index (χ0v) is 12.3. The van der Waals surface area contributed by atoms with E-state index in [1.54, 1.807) is 6.92 Å². The summed E-state index contributed by atoms with van der Waals surface area (Å²) in [5, 5.41) is 18.5. The van der Waals surface area contributed by atoms with Crippen molar-refractivity contribution in [3.8, 4) is 11.1 Å². The van der Waals surface area contributed by atoms with Gasteiger partial charge in [0.15, 0.2) is 0 Å². The lowest BCUT2D eigenvalue weighted by molar-refractivity contribution is -0.141. The summed E-state index contributed by atoms with van der Waals surface area (Å²) in [7, 11) is 0. The van der Waals surface area contributed by atoms with Crippen LogP contribution in [0.2, 0.25) is 0 Å². The highest BCUT2D eigenvalue weighted by molar-refractivity contribution is 5.71. The minimum atomic E-state index is -0.777. The smallest absolute Gasteiger partial charge is 0.306 e. The van der Waals surface area contributed by atoms with Crippen molar-refractivity contribution in [2.45, 2.75) is 26.9 Å². The average molecular weight is 284 g/mol. The van der Waals surface area contributed by atoms with E-state index in [4.69, 9.17) is 5.11 Å². The van der Waals surface area contributed by atoms with Crippen LogP contribution in [0.1, 0.15) is 23.6 Å². The van der Waals surface area contributed by atoms with Crippen LogP contribution < -0.4 is 0 Å². The molecule has 0 aliphatic rings. The summed E-state index contributed by atoms with van der Waals surface area (Å²) in [5.41, 5.74) is 5.07. The van der Waals surface area contributed by atoms with Crippen molar-refractivity contribution < 1.29 is 15.0 Å². The molecule has 0 aliphatic carbocycles. The van der Waals surface area contributed by atoms with Gasteiger partial charge in [0.05, 0.1) is 12.5 Å². The molecule has 1 unspecified atom stereocenters. The van der Waals surface area contributed by atoms with Crippen molar-refractivity contribution in [2.75, 3.05) is 0 Å². The molecule has 3 heteroatoms. The SMILES string of the molecule is Cc1cccc(-c2ccc(CC(C)C(=O)O)cc2)c1CO. The fraction of sp³-hybridized carbons (Fsp3) is 0.278. The average Bonchev–Trinajstić information content (AvgIpc) is 2.47. The van der Waals surface area contributed by atoms with E-state index in [-0.39, 0.29) is 12.5 Å². The van der Waals surface area contributed by atoms with Gasteiger partial charge >= 0.3 is 5.97 Å². The fourth-order valence-corrected chi connectivity index (χ4v) is 2.44. The molecule has 0 bridgehead atoms. The van der Waals surface area contributed by atoms with E-state index in [2.05, 4.69) is 0 Å². The molecule has 110 valence electrons. The largest absolute Gasteiger partial charge is 0.481 e. The number of carboxylic acid groups (broad SMARTS) is 1. The van der Waals surface area contributed by atoms with E-state index < -0.39 is 5.97 Å². The fourth-order valence-electron chi connectivity index (χ4n) is 2.44. The van der Waals surface area contributed by atoms with Crippen LogP contribution in [0.4, 0.5) is 0 Å². The van der Waals surface area contributed by atoms with Crippen molar-refractivity contribution in [1.29, 1.82) is 0 Å². The molecule has 0 amide bonds. The maximum absolute atomic E-state index is 10.9. The monoisotopic (exact) mass is 284 g/mol. The van der Waals surface area contributed by atoms with E-state index in [1.807, 2.05) is 49.4 Å². The van der Waals surface area contributed by atoms with Crippen LogP contribution in [0.5, 0.6) is 0 Å². The highest BCUT2D eigenvalue weighted by atomic mass is 16.4. The number of benzene rings is 2. The zero-order chi connectivity index (χ0) is 15.4. The Labute approximate surface area is 124 Å². The van der Waals surface area contributed by atoms with Gasteiger partial charge in [-0.3, -0.25) is 4.79 Å². The molecule has 0 saturated heterocycles. The maximum Gasteiger partial charge on any atom is 0.306 e. The summed E-state index contributed by atoms with van der Waals surface area (Å²) in [5.74, 6) is -1.16. The number of rotatable bonds is 5. The Hall–Kier alpha value is -2.13. The summed E-state index contributed by atoms with van der Waals surface area (Å²) in [6.07, 6.45) is 0.524. The van der Waals surface area contributed by atoms with E-state index in [1.165, 1.54) is 0 Å². The van der Waals surface area contributed by atoms with Crippen molar-refractivity contribution in [1.82, 2.24) is 0 Å². The standard InChI is InChI=1S/C18H20O3/c1-12-4-3-5-16(17(12)11-19)15-8-6-14(7-9-15)10-13(2)18(20)21/h3-9,13,19H,10-11H2,1-2H3,(H,20,21). The van der Waals surface area contributed by atoms with Gasteiger partial charge in [-0.25, -0.2) is 0 Å². The molecule has 2 aromatic carbocycles. The molecule has 0 aromatic heterocycles. The van der Waals surface area contributed by atoms with Gasteiger partial charge in [0.25, 0.3) is 0 Å². The first-order valence-electron chi connectivity index (χ1n) is 7.04. The Morgan fingerprint density at radius 1 is 1.14 bits per heavy atom. The molecular weight excluding hydrogens is 264 g/mol. The van der Waals surface area contributed by atoms with Gasteiger partial charge in [0, 0.05) is 0 Å². The van der Waals surface area contributed by atoms with Crippen LogP contribution in [-0.4, -0.2) is 16.2 Å². The number of aryl methyl sites for hydroxylation is 1. The van der Waals surface area contributed by atoms with Crippen LogP contribution in [0.25, 0.3) is 11.1 Å². The first-order chi connectivity index (χ1) is 10.0. The molecule has 1 atom stereocenters. The molecular formula is C18H20O3. The second-order valence-electron chi connectivity index (χ2n) is 5.40. The van der Waals surface area contributed by atoms with E-state index in [0.29, 0.717) is 6.42 Å². The number of aliphatic hydroxyl groups is 1. The van der Waals surface area contributed by atoms with Gasteiger partial charge in [-0.1, -0.05) is 49.4 Å². The number of hydrogen-bond donors (Lipinski definition) is 2. The molecule has 0 radical (unpaired) electrons. The quantitative estimate of drug-likeness (QED) is 0.884. The molecule has 2 aromatic rings. The Balaban J connectivity index is 2.27. The second-order valence-corrected chi connectivity index (χ2v) is 5.40. The summed E-state index contributed by atoms with van der Waals surface area (Å²) >= 11 is 0. The predicted molar refractivity (Wildman–Crippen MR) is 83.0 cm³/mol.